The van der Waals surface area contributed by atoms with Crippen LogP contribution in [-0.2, 0) is 17.6 Å². The second kappa shape index (κ2) is 7.54. The Kier molecular flexibility index (Phi) is 4.87. The van der Waals surface area contributed by atoms with Crippen molar-refractivity contribution >= 4 is 5.91 Å². The van der Waals surface area contributed by atoms with Gasteiger partial charge in [0.2, 0.25) is 0 Å². The van der Waals surface area contributed by atoms with Crippen LogP contribution in [0.25, 0.3) is 5.69 Å². The molecule has 6 nitrogen and oxygen atoms in total. The molecule has 2 aromatic rings. The van der Waals surface area contributed by atoms with E-state index in [4.69, 9.17) is 4.74 Å². The molecular weight excluding hydrogens is 371 g/mol. The van der Waals surface area contributed by atoms with Crippen LogP contribution in [-0.4, -0.2) is 70.9 Å². The third kappa shape index (κ3) is 3.36. The van der Waals surface area contributed by atoms with Gasteiger partial charge in [-0.3, -0.25) is 9.69 Å². The number of fused-ring (bicyclic) bond motifs is 1. The second-order valence-electron chi connectivity index (χ2n) is 8.42. The number of ether oxygens (including phenoxy) is 1. The van der Waals surface area contributed by atoms with Crippen molar-refractivity contribution in [3.63, 3.8) is 0 Å². The van der Waals surface area contributed by atoms with Gasteiger partial charge in [0.1, 0.15) is 5.82 Å². The van der Waals surface area contributed by atoms with Crippen molar-refractivity contribution in [3.05, 3.63) is 47.0 Å². The van der Waals surface area contributed by atoms with E-state index >= 15 is 0 Å². The molecule has 2 fully saturated rings. The molecule has 154 valence electrons. The van der Waals surface area contributed by atoms with E-state index in [-0.39, 0.29) is 11.7 Å². The van der Waals surface area contributed by atoms with Crippen LogP contribution in [0.15, 0.2) is 24.3 Å². The molecule has 0 radical (unpaired) electrons. The number of carbonyl (C=O) groups excluding carboxylic acids is 1. The first-order valence-corrected chi connectivity index (χ1v) is 10.6. The van der Waals surface area contributed by atoms with Gasteiger partial charge in [0.05, 0.1) is 18.9 Å². The van der Waals surface area contributed by atoms with Crippen LogP contribution in [0.4, 0.5) is 4.39 Å². The zero-order valence-corrected chi connectivity index (χ0v) is 16.8. The molecule has 2 aliphatic heterocycles. The number of hydrogen-bond donors (Lipinski definition) is 0. The topological polar surface area (TPSA) is 50.6 Å². The molecule has 1 aromatic heterocycles. The SMILES string of the molecule is CC1CN(C(=O)c2nn(-c3cccc(F)c3)c3c2CCC3)CC1N1CCOCC1. The monoisotopic (exact) mass is 398 g/mol. The van der Waals surface area contributed by atoms with Gasteiger partial charge in [0.15, 0.2) is 5.69 Å². The van der Waals surface area contributed by atoms with Crippen molar-refractivity contribution in [1.29, 1.82) is 0 Å². The lowest BCUT2D eigenvalue weighted by atomic mass is 10.0. The van der Waals surface area contributed by atoms with E-state index < -0.39 is 0 Å². The minimum atomic E-state index is -0.292. The Balaban J connectivity index is 1.41. The quantitative estimate of drug-likeness (QED) is 0.796. The highest BCUT2D eigenvalue weighted by molar-refractivity contribution is 5.94. The first kappa shape index (κ1) is 18.8. The lowest BCUT2D eigenvalue weighted by molar-refractivity contribution is 0.0119. The van der Waals surface area contributed by atoms with E-state index in [9.17, 15) is 9.18 Å². The van der Waals surface area contributed by atoms with E-state index in [0.717, 1.165) is 69.9 Å². The fraction of sp³-hybridized carbons (Fsp3) is 0.545. The zero-order chi connectivity index (χ0) is 20.0. The molecule has 1 amide bonds. The first-order valence-electron chi connectivity index (χ1n) is 10.6. The summed E-state index contributed by atoms with van der Waals surface area (Å²) >= 11 is 0. The van der Waals surface area contributed by atoms with E-state index in [1.807, 2.05) is 11.0 Å². The number of aromatic nitrogens is 2. The molecule has 3 heterocycles. The van der Waals surface area contributed by atoms with Crippen LogP contribution in [0.2, 0.25) is 0 Å². The summed E-state index contributed by atoms with van der Waals surface area (Å²) in [7, 11) is 0. The molecule has 2 atom stereocenters. The summed E-state index contributed by atoms with van der Waals surface area (Å²) in [6, 6.07) is 6.81. The summed E-state index contributed by atoms with van der Waals surface area (Å²) in [6.07, 6.45) is 2.75. The van der Waals surface area contributed by atoms with Gasteiger partial charge in [0.25, 0.3) is 5.91 Å². The van der Waals surface area contributed by atoms with Gasteiger partial charge in [-0.1, -0.05) is 13.0 Å². The van der Waals surface area contributed by atoms with Crippen molar-refractivity contribution in [2.24, 2.45) is 5.92 Å². The molecular formula is C22H27FN4O2. The summed E-state index contributed by atoms with van der Waals surface area (Å²) < 4.78 is 21.0. The van der Waals surface area contributed by atoms with Crippen LogP contribution >= 0.6 is 0 Å². The van der Waals surface area contributed by atoms with Crippen molar-refractivity contribution in [3.8, 4) is 5.69 Å². The van der Waals surface area contributed by atoms with E-state index in [2.05, 4.69) is 16.9 Å². The fourth-order valence-electron chi connectivity index (χ4n) is 5.08. The van der Waals surface area contributed by atoms with Crippen molar-refractivity contribution in [2.75, 3.05) is 39.4 Å². The summed E-state index contributed by atoms with van der Waals surface area (Å²) in [5.74, 6) is 0.149. The molecule has 0 spiro atoms. The highest BCUT2D eigenvalue weighted by atomic mass is 19.1. The number of likely N-dealkylation sites (tertiary alicyclic amines) is 1. The largest absolute Gasteiger partial charge is 0.379 e. The maximum absolute atomic E-state index is 13.7. The van der Waals surface area contributed by atoms with Crippen molar-refractivity contribution in [2.45, 2.75) is 32.2 Å². The first-order chi connectivity index (χ1) is 14.1. The number of halogens is 1. The minimum absolute atomic E-state index is 0.0147. The van der Waals surface area contributed by atoms with Gasteiger partial charge < -0.3 is 9.64 Å². The smallest absolute Gasteiger partial charge is 0.274 e. The van der Waals surface area contributed by atoms with Gasteiger partial charge in [-0.15, -0.1) is 0 Å². The predicted octanol–water partition coefficient (Wildman–Crippen LogP) is 2.29. The molecule has 7 heteroatoms. The summed E-state index contributed by atoms with van der Waals surface area (Å²) in [5, 5.41) is 4.68. The zero-order valence-electron chi connectivity index (χ0n) is 16.8. The highest BCUT2D eigenvalue weighted by Gasteiger charge is 2.39. The van der Waals surface area contributed by atoms with Crippen LogP contribution in [0.5, 0.6) is 0 Å². The number of nitrogens with zero attached hydrogens (tertiary/aromatic N) is 4. The summed E-state index contributed by atoms with van der Waals surface area (Å²) in [6.45, 7) is 7.11. The third-order valence-corrected chi connectivity index (χ3v) is 6.56. The third-order valence-electron chi connectivity index (χ3n) is 6.56. The average molecular weight is 398 g/mol. The molecule has 29 heavy (non-hydrogen) atoms. The van der Waals surface area contributed by atoms with Gasteiger partial charge in [-0.25, -0.2) is 9.07 Å². The lowest BCUT2D eigenvalue weighted by Gasteiger charge is -2.33. The molecule has 3 aliphatic rings. The number of carbonyl (C=O) groups is 1. The maximum atomic E-state index is 13.7. The molecule has 0 saturated carbocycles. The van der Waals surface area contributed by atoms with Crippen LogP contribution < -0.4 is 0 Å². The van der Waals surface area contributed by atoms with Crippen molar-refractivity contribution < 1.29 is 13.9 Å². The van der Waals surface area contributed by atoms with E-state index in [1.54, 1.807) is 10.7 Å². The molecule has 0 bridgehead atoms. The van der Waals surface area contributed by atoms with Crippen LogP contribution in [0, 0.1) is 11.7 Å². The number of benzene rings is 1. The standard InChI is InChI=1S/C22H27FN4O2/c1-15-13-26(14-20(15)25-8-10-29-11-9-25)22(28)21-18-6-3-7-19(18)27(24-21)17-5-2-4-16(23)12-17/h2,4-5,12,15,20H,3,6-11,13-14H2,1H3. The normalized spacial score (nSPS) is 24.8. The Morgan fingerprint density at radius 3 is 2.83 bits per heavy atom. The predicted molar refractivity (Wildman–Crippen MR) is 107 cm³/mol. The second-order valence-corrected chi connectivity index (χ2v) is 8.42. The van der Waals surface area contributed by atoms with Gasteiger partial charge in [-0.05, 0) is 43.4 Å². The molecule has 2 saturated heterocycles. The van der Waals surface area contributed by atoms with Crippen LogP contribution in [0.1, 0.15) is 35.1 Å². The molecule has 0 N–H and O–H groups in total. The Morgan fingerprint density at radius 2 is 2.03 bits per heavy atom. The molecule has 5 rings (SSSR count). The molecule has 1 aromatic carbocycles. The Labute approximate surface area is 170 Å². The Hall–Kier alpha value is -2.25. The summed E-state index contributed by atoms with van der Waals surface area (Å²) in [5.41, 5.74) is 3.33. The Bertz CT molecular complexity index is 922. The number of amides is 1. The summed E-state index contributed by atoms with van der Waals surface area (Å²) in [4.78, 5) is 17.8. The lowest BCUT2D eigenvalue weighted by Crippen LogP contribution is -2.47. The molecule has 1 aliphatic carbocycles. The van der Waals surface area contributed by atoms with Gasteiger partial charge in [-0.2, -0.15) is 5.10 Å². The molecule has 2 unspecified atom stereocenters. The van der Waals surface area contributed by atoms with E-state index in [0.29, 0.717) is 23.3 Å². The highest BCUT2D eigenvalue weighted by Crippen LogP contribution is 2.31. The number of morpholine rings is 1. The minimum Gasteiger partial charge on any atom is -0.379 e. The fourth-order valence-corrected chi connectivity index (χ4v) is 5.08. The number of hydrogen-bond acceptors (Lipinski definition) is 4. The van der Waals surface area contributed by atoms with Gasteiger partial charge >= 0.3 is 0 Å². The van der Waals surface area contributed by atoms with Crippen LogP contribution in [0.3, 0.4) is 0 Å². The number of rotatable bonds is 3. The Morgan fingerprint density at radius 1 is 1.21 bits per heavy atom. The van der Waals surface area contributed by atoms with Crippen molar-refractivity contribution in [1.82, 2.24) is 19.6 Å². The average Bonchev–Trinajstić information content (AvgIpc) is 3.43. The van der Waals surface area contributed by atoms with E-state index in [1.165, 1.54) is 12.1 Å². The maximum Gasteiger partial charge on any atom is 0.274 e. The van der Waals surface area contributed by atoms with Gasteiger partial charge in [0, 0.05) is 43.5 Å².